The molecule has 3 nitrogen and oxygen atoms in total. The topological polar surface area (TPSA) is 38.7 Å². The molecular formula is C8H6ClN3S. The fraction of sp³-hybridized carbons (Fsp3) is 0.125. The van der Waals surface area contributed by atoms with Crippen molar-refractivity contribution < 1.29 is 0 Å². The molecule has 0 aromatic carbocycles. The molecule has 0 atom stereocenters. The maximum Gasteiger partial charge on any atom is 0.172 e. The zero-order chi connectivity index (χ0) is 9.26. The molecular weight excluding hydrogens is 206 g/mol. The van der Waals surface area contributed by atoms with Crippen LogP contribution in [0.3, 0.4) is 0 Å². The van der Waals surface area contributed by atoms with E-state index in [2.05, 4.69) is 15.0 Å². The molecule has 66 valence electrons. The van der Waals surface area contributed by atoms with Gasteiger partial charge in [0, 0.05) is 11.9 Å². The molecule has 0 saturated carbocycles. The molecule has 0 aliphatic carbocycles. The minimum atomic E-state index is 0.468. The Morgan fingerprint density at radius 2 is 2.23 bits per heavy atom. The van der Waals surface area contributed by atoms with Gasteiger partial charge in [0.2, 0.25) is 0 Å². The first-order valence-electron chi connectivity index (χ1n) is 3.66. The lowest BCUT2D eigenvalue weighted by molar-refractivity contribution is 1.12. The SMILES string of the molecule is Cc1cc(Cl)nc(-c2cncs2)n1. The molecule has 13 heavy (non-hydrogen) atoms. The Labute approximate surface area is 84.5 Å². The van der Waals surface area contributed by atoms with Crippen LogP contribution in [0.2, 0.25) is 5.15 Å². The van der Waals surface area contributed by atoms with Crippen LogP contribution in [-0.4, -0.2) is 15.0 Å². The summed E-state index contributed by atoms with van der Waals surface area (Å²) >= 11 is 7.30. The molecule has 0 aliphatic rings. The number of aromatic nitrogens is 3. The molecule has 0 radical (unpaired) electrons. The van der Waals surface area contributed by atoms with Gasteiger partial charge in [-0.1, -0.05) is 11.6 Å². The van der Waals surface area contributed by atoms with E-state index in [-0.39, 0.29) is 0 Å². The average Bonchev–Trinajstić information content (AvgIpc) is 2.53. The second kappa shape index (κ2) is 3.40. The predicted molar refractivity (Wildman–Crippen MR) is 52.9 cm³/mol. The van der Waals surface area contributed by atoms with E-state index in [0.717, 1.165) is 10.6 Å². The second-order valence-electron chi connectivity index (χ2n) is 2.52. The highest BCUT2D eigenvalue weighted by atomic mass is 35.5. The lowest BCUT2D eigenvalue weighted by Crippen LogP contribution is -1.89. The Hall–Kier alpha value is -1.00. The van der Waals surface area contributed by atoms with E-state index in [4.69, 9.17) is 11.6 Å². The molecule has 0 bridgehead atoms. The normalized spacial score (nSPS) is 10.3. The lowest BCUT2D eigenvalue weighted by Gasteiger charge is -1.97. The third-order valence-corrected chi connectivity index (χ3v) is 2.44. The molecule has 0 saturated heterocycles. The standard InChI is InChI=1S/C8H6ClN3S/c1-5-2-7(9)12-8(11-5)6-3-10-4-13-6/h2-4H,1H3. The smallest absolute Gasteiger partial charge is 0.172 e. The number of rotatable bonds is 1. The summed E-state index contributed by atoms with van der Waals surface area (Å²) in [4.78, 5) is 13.2. The van der Waals surface area contributed by atoms with Crippen molar-refractivity contribution in [2.75, 3.05) is 0 Å². The average molecular weight is 212 g/mol. The largest absolute Gasteiger partial charge is 0.252 e. The van der Waals surface area contributed by atoms with E-state index in [1.807, 2.05) is 6.92 Å². The van der Waals surface area contributed by atoms with Gasteiger partial charge in [-0.05, 0) is 13.0 Å². The van der Waals surface area contributed by atoms with Crippen LogP contribution < -0.4 is 0 Å². The number of hydrogen-bond acceptors (Lipinski definition) is 4. The fourth-order valence-electron chi connectivity index (χ4n) is 0.967. The van der Waals surface area contributed by atoms with Crippen LogP contribution in [-0.2, 0) is 0 Å². The van der Waals surface area contributed by atoms with Crippen LogP contribution in [0.25, 0.3) is 10.7 Å². The summed E-state index contributed by atoms with van der Waals surface area (Å²) in [5, 5.41) is 0.468. The van der Waals surface area contributed by atoms with E-state index in [1.54, 1.807) is 17.8 Å². The highest BCUT2D eigenvalue weighted by molar-refractivity contribution is 7.13. The molecule has 0 N–H and O–H groups in total. The van der Waals surface area contributed by atoms with Crippen molar-refractivity contribution >= 4 is 22.9 Å². The van der Waals surface area contributed by atoms with Gasteiger partial charge >= 0.3 is 0 Å². The number of hydrogen-bond donors (Lipinski definition) is 0. The first-order chi connectivity index (χ1) is 6.25. The molecule has 0 amide bonds. The van der Waals surface area contributed by atoms with Gasteiger partial charge in [-0.15, -0.1) is 11.3 Å². The first kappa shape index (κ1) is 8.59. The Morgan fingerprint density at radius 1 is 1.38 bits per heavy atom. The van der Waals surface area contributed by atoms with E-state index in [9.17, 15) is 0 Å². The monoisotopic (exact) mass is 211 g/mol. The van der Waals surface area contributed by atoms with E-state index in [1.165, 1.54) is 11.3 Å². The molecule has 0 unspecified atom stereocenters. The Morgan fingerprint density at radius 3 is 2.85 bits per heavy atom. The van der Waals surface area contributed by atoms with Gasteiger partial charge in [0.05, 0.1) is 10.4 Å². The number of nitrogens with zero attached hydrogens (tertiary/aromatic N) is 3. The van der Waals surface area contributed by atoms with E-state index in [0.29, 0.717) is 11.0 Å². The molecule has 2 heterocycles. The predicted octanol–water partition coefficient (Wildman–Crippen LogP) is 2.56. The summed E-state index contributed by atoms with van der Waals surface area (Å²) in [5.74, 6) is 0.646. The van der Waals surface area contributed by atoms with Crippen LogP contribution in [0.15, 0.2) is 17.8 Å². The maximum absolute atomic E-state index is 5.80. The molecule has 2 aromatic heterocycles. The summed E-state index contributed by atoms with van der Waals surface area (Å²) in [5.41, 5.74) is 2.61. The lowest BCUT2D eigenvalue weighted by atomic mass is 10.4. The van der Waals surface area contributed by atoms with Gasteiger partial charge in [-0.3, -0.25) is 4.98 Å². The van der Waals surface area contributed by atoms with Gasteiger partial charge in [-0.2, -0.15) is 0 Å². The summed E-state index contributed by atoms with van der Waals surface area (Å²) < 4.78 is 0. The van der Waals surface area contributed by atoms with Crippen molar-refractivity contribution in [3.05, 3.63) is 28.6 Å². The highest BCUT2D eigenvalue weighted by Gasteiger charge is 2.04. The van der Waals surface area contributed by atoms with Gasteiger partial charge in [0.25, 0.3) is 0 Å². The van der Waals surface area contributed by atoms with Gasteiger partial charge in [0.15, 0.2) is 5.82 Å². The van der Waals surface area contributed by atoms with Crippen molar-refractivity contribution in [1.82, 2.24) is 15.0 Å². The van der Waals surface area contributed by atoms with Crippen molar-refractivity contribution in [2.24, 2.45) is 0 Å². The zero-order valence-corrected chi connectivity index (χ0v) is 8.43. The molecule has 2 aromatic rings. The Bertz CT molecular complexity index is 393. The Kier molecular flexibility index (Phi) is 2.24. The van der Waals surface area contributed by atoms with Crippen molar-refractivity contribution in [3.63, 3.8) is 0 Å². The fourth-order valence-corrected chi connectivity index (χ4v) is 1.76. The minimum Gasteiger partial charge on any atom is -0.252 e. The quantitative estimate of drug-likeness (QED) is 0.681. The van der Waals surface area contributed by atoms with Crippen molar-refractivity contribution in [3.8, 4) is 10.7 Å². The van der Waals surface area contributed by atoms with E-state index < -0.39 is 0 Å². The van der Waals surface area contributed by atoms with E-state index >= 15 is 0 Å². The summed E-state index contributed by atoms with van der Waals surface area (Å²) in [6.07, 6.45) is 1.73. The van der Waals surface area contributed by atoms with Crippen LogP contribution in [0.4, 0.5) is 0 Å². The molecule has 0 aliphatic heterocycles. The first-order valence-corrected chi connectivity index (χ1v) is 4.91. The van der Waals surface area contributed by atoms with Crippen molar-refractivity contribution in [2.45, 2.75) is 6.92 Å². The number of halogens is 1. The summed E-state index contributed by atoms with van der Waals surface area (Å²) in [6, 6.07) is 1.73. The highest BCUT2D eigenvalue weighted by Crippen LogP contribution is 2.20. The van der Waals surface area contributed by atoms with Gasteiger partial charge < -0.3 is 0 Å². The van der Waals surface area contributed by atoms with Crippen LogP contribution >= 0.6 is 22.9 Å². The van der Waals surface area contributed by atoms with Gasteiger partial charge in [0.1, 0.15) is 5.15 Å². The summed E-state index contributed by atoms with van der Waals surface area (Å²) in [7, 11) is 0. The molecule has 0 spiro atoms. The second-order valence-corrected chi connectivity index (χ2v) is 3.79. The third-order valence-electron chi connectivity index (χ3n) is 1.48. The maximum atomic E-state index is 5.80. The third kappa shape index (κ3) is 1.84. The molecule has 0 fully saturated rings. The number of aryl methyl sites for hydroxylation is 1. The van der Waals surface area contributed by atoms with Crippen molar-refractivity contribution in [1.29, 1.82) is 0 Å². The van der Waals surface area contributed by atoms with Gasteiger partial charge in [-0.25, -0.2) is 9.97 Å². The zero-order valence-electron chi connectivity index (χ0n) is 6.86. The molecule has 5 heteroatoms. The van der Waals surface area contributed by atoms with Crippen LogP contribution in [0, 0.1) is 6.92 Å². The Balaban J connectivity index is 2.53. The van der Waals surface area contributed by atoms with Crippen LogP contribution in [0.5, 0.6) is 0 Å². The molecule has 2 rings (SSSR count). The minimum absolute atomic E-state index is 0.468. The summed E-state index contributed by atoms with van der Waals surface area (Å²) in [6.45, 7) is 1.89. The number of thiazole rings is 1. The van der Waals surface area contributed by atoms with Crippen LogP contribution in [0.1, 0.15) is 5.69 Å².